The van der Waals surface area contributed by atoms with Crippen molar-refractivity contribution in [1.82, 2.24) is 34.9 Å². The second kappa shape index (κ2) is 18.4. The molecule has 68 heavy (non-hydrogen) atoms. The normalized spacial score (nSPS) is 11.1. The zero-order chi connectivity index (χ0) is 45.8. The molecule has 8 aromatic carbocycles. The fourth-order valence-corrected chi connectivity index (χ4v) is 8.63. The van der Waals surface area contributed by atoms with Crippen LogP contribution in [0.4, 0.5) is 0 Å². The Hall–Kier alpha value is -9.07. The molecule has 0 atom stereocenters. The van der Waals surface area contributed by atoms with Gasteiger partial charge in [-0.2, -0.15) is 0 Å². The third-order valence-electron chi connectivity index (χ3n) is 11.9. The van der Waals surface area contributed by atoms with Gasteiger partial charge in [0, 0.05) is 44.8 Å². The molecule has 3 aromatic heterocycles. The summed E-state index contributed by atoms with van der Waals surface area (Å²) in [6.45, 7) is 4.09. The van der Waals surface area contributed by atoms with Crippen molar-refractivity contribution in [2.45, 2.75) is 13.8 Å². The molecule has 0 amide bonds. The summed E-state index contributed by atoms with van der Waals surface area (Å²) in [4.78, 5) is 35.2. The molecule has 0 aliphatic carbocycles. The first-order chi connectivity index (χ1) is 33.5. The molecule has 0 saturated carbocycles. The molecule has 3 heterocycles. The van der Waals surface area contributed by atoms with Gasteiger partial charge in [-0.25, -0.2) is 29.9 Å². The molecule has 0 aliphatic heterocycles. The van der Waals surface area contributed by atoms with Crippen LogP contribution in [0.2, 0.25) is 0 Å². The van der Waals surface area contributed by atoms with E-state index in [0.717, 1.165) is 89.3 Å². The molecule has 0 N–H and O–H groups in total. The van der Waals surface area contributed by atoms with Crippen LogP contribution in [-0.4, -0.2) is 34.9 Å². The quantitative estimate of drug-likeness (QED) is 0.135. The lowest BCUT2D eigenvalue weighted by Gasteiger charge is -2.14. The zero-order valence-corrected chi connectivity index (χ0v) is 37.5. The Morgan fingerprint density at radius 2 is 0.471 bits per heavy atom. The van der Waals surface area contributed by atoms with Crippen molar-refractivity contribution in [1.29, 1.82) is 0 Å². The average molecular weight is 874 g/mol. The molecule has 0 unspecified atom stereocenters. The van der Waals surface area contributed by atoms with Gasteiger partial charge in [0.25, 0.3) is 0 Å². The third-order valence-corrected chi connectivity index (χ3v) is 11.9. The smallest absolute Gasteiger partial charge is 0.164 e. The SMILES string of the molecule is Cc1cc(-c2cc(-c3cccc(-c4nc(-c5ccccc5)nc(-c5ccccc5)n4)c3)cc(-c3cccc(-c4nc(-c5ccccc5)nc(-c5ccccc5-c5ccccc5)n4)c3)c2)cc(C)n1. The summed E-state index contributed by atoms with van der Waals surface area (Å²) in [6.07, 6.45) is 0. The Balaban J connectivity index is 1.04. The monoisotopic (exact) mass is 873 g/mol. The van der Waals surface area contributed by atoms with Crippen molar-refractivity contribution in [3.8, 4) is 113 Å². The molecule has 0 saturated heterocycles. The van der Waals surface area contributed by atoms with Gasteiger partial charge >= 0.3 is 0 Å². The van der Waals surface area contributed by atoms with E-state index in [1.54, 1.807) is 0 Å². The third kappa shape index (κ3) is 8.84. The van der Waals surface area contributed by atoms with Crippen LogP contribution >= 0.6 is 0 Å². The van der Waals surface area contributed by atoms with E-state index in [1.807, 2.05) is 117 Å². The molecule has 0 fully saturated rings. The van der Waals surface area contributed by atoms with Crippen LogP contribution < -0.4 is 0 Å². The van der Waals surface area contributed by atoms with Crippen molar-refractivity contribution >= 4 is 0 Å². The van der Waals surface area contributed by atoms with Gasteiger partial charge in [-0.3, -0.25) is 4.98 Å². The van der Waals surface area contributed by atoms with Crippen LogP contribution in [0.15, 0.2) is 224 Å². The fraction of sp³-hybridized carbons (Fsp3) is 0.0328. The topological polar surface area (TPSA) is 90.2 Å². The van der Waals surface area contributed by atoms with E-state index in [0.29, 0.717) is 34.9 Å². The van der Waals surface area contributed by atoms with E-state index in [1.165, 1.54) is 0 Å². The Morgan fingerprint density at radius 3 is 0.897 bits per heavy atom. The number of hydrogen-bond donors (Lipinski definition) is 0. The second-order valence-corrected chi connectivity index (χ2v) is 16.7. The predicted octanol–water partition coefficient (Wildman–Crippen LogP) is 14.7. The highest BCUT2D eigenvalue weighted by Crippen LogP contribution is 2.37. The highest BCUT2D eigenvalue weighted by molar-refractivity contribution is 5.85. The van der Waals surface area contributed by atoms with E-state index >= 15 is 0 Å². The average Bonchev–Trinajstić information content (AvgIpc) is 3.41. The molecule has 0 aliphatic rings. The lowest BCUT2D eigenvalue weighted by Crippen LogP contribution is -2.01. The lowest BCUT2D eigenvalue weighted by molar-refractivity contribution is 1.07. The number of nitrogens with zero attached hydrogens (tertiary/aromatic N) is 7. The van der Waals surface area contributed by atoms with Crippen molar-refractivity contribution in [2.24, 2.45) is 0 Å². The molecule has 0 radical (unpaired) electrons. The second-order valence-electron chi connectivity index (χ2n) is 16.7. The molecular formula is C61H43N7. The molecule has 0 spiro atoms. The number of aromatic nitrogens is 7. The predicted molar refractivity (Wildman–Crippen MR) is 275 cm³/mol. The molecule has 7 heteroatoms. The van der Waals surface area contributed by atoms with Crippen molar-refractivity contribution in [3.05, 3.63) is 236 Å². The summed E-state index contributed by atoms with van der Waals surface area (Å²) in [7, 11) is 0. The largest absolute Gasteiger partial charge is 0.258 e. The van der Waals surface area contributed by atoms with Gasteiger partial charge in [0.2, 0.25) is 0 Å². The van der Waals surface area contributed by atoms with Gasteiger partial charge in [-0.15, -0.1) is 0 Å². The standard InChI is InChI=1S/C61H43N7/c1-40-33-50(34-41(2)62-40)53-38-51(46-27-17-29-48(35-46)59-64-56(43-21-9-4-10-22-43)63-57(65-59)44-23-11-5-12-24-44)37-52(39-53)47-28-18-30-49(36-47)60-66-58(45-25-13-6-14-26-45)67-61(68-60)55-32-16-15-31-54(55)42-19-7-3-8-20-42/h3-39H,1-2H3. The highest BCUT2D eigenvalue weighted by atomic mass is 15.0. The minimum absolute atomic E-state index is 0.588. The van der Waals surface area contributed by atoms with Crippen molar-refractivity contribution < 1.29 is 0 Å². The number of hydrogen-bond acceptors (Lipinski definition) is 7. The van der Waals surface area contributed by atoms with Crippen molar-refractivity contribution in [3.63, 3.8) is 0 Å². The molecule has 7 nitrogen and oxygen atoms in total. The first-order valence-corrected chi connectivity index (χ1v) is 22.6. The van der Waals surface area contributed by atoms with E-state index in [9.17, 15) is 0 Å². The first-order valence-electron chi connectivity index (χ1n) is 22.6. The Morgan fingerprint density at radius 1 is 0.191 bits per heavy atom. The van der Waals surface area contributed by atoms with Gasteiger partial charge in [0.1, 0.15) is 0 Å². The van der Waals surface area contributed by atoms with Crippen LogP contribution in [0.1, 0.15) is 11.4 Å². The maximum atomic E-state index is 5.21. The van der Waals surface area contributed by atoms with Gasteiger partial charge < -0.3 is 0 Å². The van der Waals surface area contributed by atoms with Crippen LogP contribution in [0, 0.1) is 13.8 Å². The first kappa shape index (κ1) is 41.6. The molecule has 11 rings (SSSR count). The van der Waals surface area contributed by atoms with Gasteiger partial charge in [-0.05, 0) is 101 Å². The maximum absolute atomic E-state index is 5.21. The van der Waals surface area contributed by atoms with Crippen LogP contribution in [-0.2, 0) is 0 Å². The summed E-state index contributed by atoms with van der Waals surface area (Å²) < 4.78 is 0. The molecule has 0 bridgehead atoms. The van der Waals surface area contributed by atoms with E-state index in [4.69, 9.17) is 34.9 Å². The van der Waals surface area contributed by atoms with E-state index in [2.05, 4.69) is 121 Å². The summed E-state index contributed by atoms with van der Waals surface area (Å²) in [5.74, 6) is 3.64. The van der Waals surface area contributed by atoms with Gasteiger partial charge in [-0.1, -0.05) is 182 Å². The Labute approximate surface area is 395 Å². The van der Waals surface area contributed by atoms with Crippen LogP contribution in [0.25, 0.3) is 113 Å². The minimum Gasteiger partial charge on any atom is -0.258 e. The maximum Gasteiger partial charge on any atom is 0.164 e. The summed E-state index contributed by atoms with van der Waals surface area (Å²) >= 11 is 0. The Bertz CT molecular complexity index is 3500. The minimum atomic E-state index is 0.588. The number of benzene rings is 8. The van der Waals surface area contributed by atoms with Gasteiger partial charge in [0.05, 0.1) is 0 Å². The van der Waals surface area contributed by atoms with Crippen LogP contribution in [0.3, 0.4) is 0 Å². The van der Waals surface area contributed by atoms with Crippen molar-refractivity contribution in [2.75, 3.05) is 0 Å². The molecule has 11 aromatic rings. The number of pyridine rings is 1. The fourth-order valence-electron chi connectivity index (χ4n) is 8.63. The lowest BCUT2D eigenvalue weighted by atomic mass is 9.92. The number of rotatable bonds is 10. The molecular weight excluding hydrogens is 831 g/mol. The Kier molecular flexibility index (Phi) is 11.3. The van der Waals surface area contributed by atoms with E-state index in [-0.39, 0.29) is 0 Å². The van der Waals surface area contributed by atoms with Gasteiger partial charge in [0.15, 0.2) is 34.9 Å². The molecule has 322 valence electrons. The van der Waals surface area contributed by atoms with Crippen LogP contribution in [0.5, 0.6) is 0 Å². The highest BCUT2D eigenvalue weighted by Gasteiger charge is 2.18. The van der Waals surface area contributed by atoms with E-state index < -0.39 is 0 Å². The number of aryl methyl sites for hydroxylation is 2. The summed E-state index contributed by atoms with van der Waals surface area (Å²) in [6, 6.07) is 76.9. The summed E-state index contributed by atoms with van der Waals surface area (Å²) in [5.41, 5.74) is 15.8. The zero-order valence-electron chi connectivity index (χ0n) is 37.5. The summed E-state index contributed by atoms with van der Waals surface area (Å²) in [5, 5.41) is 0.